The molecular formula is C25H24N4O3. The number of aromatic nitrogens is 3. The van der Waals surface area contributed by atoms with Crippen molar-refractivity contribution >= 4 is 16.8 Å². The van der Waals surface area contributed by atoms with E-state index in [9.17, 15) is 4.79 Å². The number of nitrogens with zero attached hydrogens (tertiary/aromatic N) is 4. The summed E-state index contributed by atoms with van der Waals surface area (Å²) in [5.74, 6) is 1.29. The first kappa shape index (κ1) is 20.1. The van der Waals surface area contributed by atoms with Gasteiger partial charge < -0.3 is 14.4 Å². The third-order valence-electron chi connectivity index (χ3n) is 5.76. The van der Waals surface area contributed by atoms with Crippen molar-refractivity contribution in [2.75, 3.05) is 20.2 Å². The first-order chi connectivity index (χ1) is 15.6. The van der Waals surface area contributed by atoms with Crippen LogP contribution in [0, 0.1) is 0 Å². The van der Waals surface area contributed by atoms with Gasteiger partial charge in [0.05, 0.1) is 24.9 Å². The van der Waals surface area contributed by atoms with Gasteiger partial charge in [-0.15, -0.1) is 0 Å². The van der Waals surface area contributed by atoms with Crippen LogP contribution in [0.4, 0.5) is 0 Å². The highest BCUT2D eigenvalue weighted by molar-refractivity contribution is 5.94. The Bertz CT molecular complexity index is 1280. The second kappa shape index (κ2) is 8.34. The predicted octanol–water partition coefficient (Wildman–Crippen LogP) is 3.94. The molecular weight excluding hydrogens is 404 g/mol. The molecule has 0 spiro atoms. The second-order valence-electron chi connectivity index (χ2n) is 7.89. The fourth-order valence-corrected chi connectivity index (χ4v) is 4.05. The van der Waals surface area contributed by atoms with Crippen LogP contribution in [0.1, 0.15) is 16.9 Å². The molecule has 5 rings (SSSR count). The number of hydrogen-bond acceptors (Lipinski definition) is 5. The Morgan fingerprint density at radius 1 is 1.06 bits per heavy atom. The molecule has 1 aliphatic heterocycles. The van der Waals surface area contributed by atoms with Gasteiger partial charge in [-0.05, 0) is 30.3 Å². The van der Waals surface area contributed by atoms with E-state index < -0.39 is 0 Å². The van der Waals surface area contributed by atoms with Gasteiger partial charge in [0.1, 0.15) is 17.5 Å². The maximum Gasteiger partial charge on any atom is 0.272 e. The summed E-state index contributed by atoms with van der Waals surface area (Å²) in [7, 11) is 3.42. The summed E-state index contributed by atoms with van der Waals surface area (Å²) < 4.78 is 13.0. The summed E-state index contributed by atoms with van der Waals surface area (Å²) in [4.78, 5) is 19.6. The molecule has 0 saturated carbocycles. The minimum atomic E-state index is -0.0845. The van der Waals surface area contributed by atoms with Crippen LogP contribution >= 0.6 is 0 Å². The maximum absolute atomic E-state index is 13.2. The fourth-order valence-electron chi connectivity index (χ4n) is 4.05. The number of hydrogen-bond donors (Lipinski definition) is 0. The van der Waals surface area contributed by atoms with Gasteiger partial charge in [-0.2, -0.15) is 5.10 Å². The van der Waals surface area contributed by atoms with Gasteiger partial charge in [0, 0.05) is 37.0 Å². The van der Waals surface area contributed by atoms with E-state index in [-0.39, 0.29) is 12.0 Å². The van der Waals surface area contributed by atoms with Crippen molar-refractivity contribution < 1.29 is 14.3 Å². The third-order valence-corrected chi connectivity index (χ3v) is 5.76. The van der Waals surface area contributed by atoms with Gasteiger partial charge in [0.25, 0.3) is 5.91 Å². The van der Waals surface area contributed by atoms with Gasteiger partial charge in [0.15, 0.2) is 0 Å². The van der Waals surface area contributed by atoms with E-state index in [4.69, 9.17) is 9.47 Å². The number of carbonyl (C=O) groups excluding carboxylic acids is 1. The van der Waals surface area contributed by atoms with E-state index >= 15 is 0 Å². The highest BCUT2D eigenvalue weighted by Gasteiger charge is 2.30. The van der Waals surface area contributed by atoms with E-state index in [2.05, 4.69) is 10.1 Å². The van der Waals surface area contributed by atoms with E-state index in [1.54, 1.807) is 18.8 Å². The zero-order valence-electron chi connectivity index (χ0n) is 18.1. The Kier molecular flexibility index (Phi) is 5.23. The Balaban J connectivity index is 1.28. The van der Waals surface area contributed by atoms with Crippen molar-refractivity contribution in [3.8, 4) is 22.9 Å². The lowest BCUT2D eigenvalue weighted by atomic mass is 10.1. The van der Waals surface area contributed by atoms with E-state index in [1.165, 1.54) is 0 Å². The van der Waals surface area contributed by atoms with E-state index in [1.807, 2.05) is 71.6 Å². The molecule has 1 amide bonds. The number of rotatable bonds is 5. The van der Waals surface area contributed by atoms with Gasteiger partial charge in [0.2, 0.25) is 5.88 Å². The highest BCUT2D eigenvalue weighted by atomic mass is 16.5. The minimum absolute atomic E-state index is 0.0493. The molecule has 7 nitrogen and oxygen atoms in total. The van der Waals surface area contributed by atoms with Crippen molar-refractivity contribution in [3.63, 3.8) is 0 Å². The quantitative estimate of drug-likeness (QED) is 0.482. The van der Waals surface area contributed by atoms with Crippen molar-refractivity contribution in [2.45, 2.75) is 12.5 Å². The summed E-state index contributed by atoms with van der Waals surface area (Å²) in [6, 6.07) is 21.3. The Morgan fingerprint density at radius 2 is 1.94 bits per heavy atom. The Morgan fingerprint density at radius 3 is 2.81 bits per heavy atom. The molecule has 0 aliphatic carbocycles. The van der Waals surface area contributed by atoms with Crippen LogP contribution in [0.5, 0.6) is 11.6 Å². The number of methoxy groups -OCH3 is 1. The van der Waals surface area contributed by atoms with Gasteiger partial charge in [-0.3, -0.25) is 9.48 Å². The summed E-state index contributed by atoms with van der Waals surface area (Å²) in [5, 5.41) is 5.61. The summed E-state index contributed by atoms with van der Waals surface area (Å²) in [5.41, 5.74) is 3.09. The van der Waals surface area contributed by atoms with Crippen molar-refractivity contribution in [3.05, 3.63) is 72.4 Å². The SMILES string of the molecule is COc1cccc(-c2cc(C(=O)N3CCC(Oc4ccc5ccccc5n4)C3)n(C)n2)c1. The molecule has 32 heavy (non-hydrogen) atoms. The number of para-hydroxylation sites is 1. The van der Waals surface area contributed by atoms with Gasteiger partial charge in [-0.1, -0.05) is 30.3 Å². The number of benzene rings is 2. The number of pyridine rings is 1. The predicted molar refractivity (Wildman–Crippen MR) is 122 cm³/mol. The van der Waals surface area contributed by atoms with Gasteiger partial charge in [-0.25, -0.2) is 4.98 Å². The maximum atomic E-state index is 13.2. The van der Waals surface area contributed by atoms with Crippen LogP contribution < -0.4 is 9.47 Å². The lowest BCUT2D eigenvalue weighted by Crippen LogP contribution is -2.32. The molecule has 1 fully saturated rings. The molecule has 2 aromatic heterocycles. The van der Waals surface area contributed by atoms with E-state index in [0.717, 1.165) is 34.3 Å². The molecule has 162 valence electrons. The molecule has 4 aromatic rings. The van der Waals surface area contributed by atoms with Crippen LogP contribution in [0.2, 0.25) is 0 Å². The normalized spacial score (nSPS) is 15.8. The summed E-state index contributed by atoms with van der Waals surface area (Å²) >= 11 is 0. The molecule has 1 aliphatic rings. The molecule has 3 heterocycles. The molecule has 0 radical (unpaired) electrons. The first-order valence-electron chi connectivity index (χ1n) is 10.6. The molecule has 7 heteroatoms. The number of fused-ring (bicyclic) bond motifs is 1. The number of aryl methyl sites for hydroxylation is 1. The molecule has 0 N–H and O–H groups in total. The zero-order chi connectivity index (χ0) is 22.1. The minimum Gasteiger partial charge on any atom is -0.497 e. The largest absolute Gasteiger partial charge is 0.497 e. The monoisotopic (exact) mass is 428 g/mol. The number of carbonyl (C=O) groups is 1. The van der Waals surface area contributed by atoms with Gasteiger partial charge >= 0.3 is 0 Å². The zero-order valence-corrected chi connectivity index (χ0v) is 18.1. The molecule has 1 atom stereocenters. The first-order valence-corrected chi connectivity index (χ1v) is 10.6. The highest BCUT2D eigenvalue weighted by Crippen LogP contribution is 2.25. The number of ether oxygens (including phenoxy) is 2. The Labute approximate surface area is 186 Å². The average Bonchev–Trinajstić information content (AvgIpc) is 3.45. The van der Waals surface area contributed by atoms with Crippen molar-refractivity contribution in [1.82, 2.24) is 19.7 Å². The standard InChI is InChI=1S/C25H24N4O3/c1-28-23(15-22(27-28)18-7-5-8-19(14-18)31-2)25(30)29-13-12-20(16-29)32-24-11-10-17-6-3-4-9-21(17)26-24/h3-11,14-15,20H,12-13,16H2,1-2H3. The van der Waals surface area contributed by atoms with Crippen LogP contribution in [0.3, 0.4) is 0 Å². The van der Waals surface area contributed by atoms with Crippen LogP contribution in [-0.2, 0) is 7.05 Å². The van der Waals surface area contributed by atoms with Crippen LogP contribution in [-0.4, -0.2) is 51.9 Å². The fraction of sp³-hybridized carbons (Fsp3) is 0.240. The van der Waals surface area contributed by atoms with E-state index in [0.29, 0.717) is 24.7 Å². The topological polar surface area (TPSA) is 69.5 Å². The third kappa shape index (κ3) is 3.89. The summed E-state index contributed by atoms with van der Waals surface area (Å²) in [6.07, 6.45) is 0.680. The second-order valence-corrected chi connectivity index (χ2v) is 7.89. The van der Waals surface area contributed by atoms with Crippen molar-refractivity contribution in [1.29, 1.82) is 0 Å². The molecule has 1 saturated heterocycles. The number of amides is 1. The average molecular weight is 428 g/mol. The van der Waals surface area contributed by atoms with Crippen LogP contribution in [0.15, 0.2) is 66.7 Å². The molecule has 1 unspecified atom stereocenters. The lowest BCUT2D eigenvalue weighted by molar-refractivity contribution is 0.0760. The van der Waals surface area contributed by atoms with Crippen molar-refractivity contribution in [2.24, 2.45) is 7.05 Å². The van der Waals surface area contributed by atoms with Crippen LogP contribution in [0.25, 0.3) is 22.2 Å². The summed E-state index contributed by atoms with van der Waals surface area (Å²) in [6.45, 7) is 1.16. The number of likely N-dealkylation sites (tertiary alicyclic amines) is 1. The lowest BCUT2D eigenvalue weighted by Gasteiger charge is -2.17. The Hall–Kier alpha value is -3.87. The molecule has 2 aromatic carbocycles. The smallest absolute Gasteiger partial charge is 0.272 e. The molecule has 0 bridgehead atoms.